The molecule has 1 atom stereocenters. The van der Waals surface area contributed by atoms with Crippen molar-refractivity contribution >= 4 is 41.3 Å². The average molecular weight is 568 g/mol. The first-order valence-corrected chi connectivity index (χ1v) is 14.3. The van der Waals surface area contributed by atoms with E-state index < -0.39 is 41.4 Å². The van der Waals surface area contributed by atoms with Gasteiger partial charge in [0.25, 0.3) is 11.8 Å². The van der Waals surface area contributed by atoms with Crippen LogP contribution < -0.4 is 15.5 Å². The van der Waals surface area contributed by atoms with E-state index in [4.69, 9.17) is 4.74 Å². The van der Waals surface area contributed by atoms with Crippen molar-refractivity contribution in [2.45, 2.75) is 77.0 Å². The number of alkyl carbamates (subject to hydrolysis) is 1. The fourth-order valence-corrected chi connectivity index (χ4v) is 6.06. The lowest BCUT2D eigenvalue weighted by molar-refractivity contribution is -0.137. The Hall–Kier alpha value is -3.96. The molecule has 5 rings (SSSR count). The van der Waals surface area contributed by atoms with Crippen LogP contribution in [-0.2, 0) is 19.1 Å². The van der Waals surface area contributed by atoms with Gasteiger partial charge in [0, 0.05) is 50.2 Å². The van der Waals surface area contributed by atoms with E-state index in [2.05, 4.69) is 15.5 Å². The zero-order valence-electron chi connectivity index (χ0n) is 23.7. The molecule has 3 heterocycles. The molecule has 0 radical (unpaired) electrons. The number of hydrogen-bond acceptors (Lipinski definition) is 8. The first-order valence-electron chi connectivity index (χ1n) is 14.3. The minimum absolute atomic E-state index is 0.00561. The van der Waals surface area contributed by atoms with E-state index in [0.717, 1.165) is 23.4 Å². The molecular formula is C29H37N5O7. The molecular weight excluding hydrogens is 530 g/mol. The Morgan fingerprint density at radius 1 is 0.902 bits per heavy atom. The Morgan fingerprint density at radius 2 is 1.56 bits per heavy atom. The lowest BCUT2D eigenvalue weighted by Crippen LogP contribution is -2.54. The Balaban J connectivity index is 1.14. The number of nitrogens with one attached hydrogen (secondary N) is 2. The van der Waals surface area contributed by atoms with Crippen LogP contribution in [0.1, 0.15) is 80.0 Å². The number of carbonyl (C=O) groups is 6. The van der Waals surface area contributed by atoms with Crippen molar-refractivity contribution in [3.05, 3.63) is 29.3 Å². The van der Waals surface area contributed by atoms with Crippen molar-refractivity contribution in [1.82, 2.24) is 20.4 Å². The minimum atomic E-state index is -0.999. The van der Waals surface area contributed by atoms with Crippen molar-refractivity contribution in [3.8, 4) is 0 Å². The molecule has 2 N–H and O–H groups in total. The third-order valence-electron chi connectivity index (χ3n) is 8.18. The maximum atomic E-state index is 13.2. The molecule has 0 aromatic heterocycles. The fraction of sp³-hybridized carbons (Fsp3) is 0.586. The van der Waals surface area contributed by atoms with Crippen LogP contribution in [0, 0.1) is 5.92 Å². The number of anilines is 1. The molecule has 6 amide bonds. The summed E-state index contributed by atoms with van der Waals surface area (Å²) in [6.07, 6.45) is 2.64. The number of imide groups is 2. The number of piperazine rings is 1. The molecule has 0 spiro atoms. The number of ether oxygens (including phenoxy) is 1. The number of benzene rings is 1. The predicted octanol–water partition coefficient (Wildman–Crippen LogP) is 1.82. The first-order chi connectivity index (χ1) is 19.4. The average Bonchev–Trinajstić information content (AvgIpc) is 3.17. The third kappa shape index (κ3) is 6.06. The van der Waals surface area contributed by atoms with Crippen molar-refractivity contribution in [2.75, 3.05) is 31.1 Å². The monoisotopic (exact) mass is 567 g/mol. The molecule has 2 saturated heterocycles. The van der Waals surface area contributed by atoms with Gasteiger partial charge in [-0.15, -0.1) is 0 Å². The zero-order chi connectivity index (χ0) is 29.5. The summed E-state index contributed by atoms with van der Waals surface area (Å²) >= 11 is 0. The minimum Gasteiger partial charge on any atom is -0.444 e. The van der Waals surface area contributed by atoms with Gasteiger partial charge in [-0.3, -0.25) is 34.2 Å². The molecule has 1 aromatic carbocycles. The van der Waals surface area contributed by atoms with E-state index in [1.54, 1.807) is 18.2 Å². The van der Waals surface area contributed by atoms with Gasteiger partial charge in [0.15, 0.2) is 0 Å². The number of hydrogen-bond donors (Lipinski definition) is 2. The predicted molar refractivity (Wildman–Crippen MR) is 147 cm³/mol. The van der Waals surface area contributed by atoms with Gasteiger partial charge in [0.2, 0.25) is 17.7 Å². The standard InChI is InChI=1S/C29H37N5O7/c1-29(2,3)41-28(40)30-18-6-4-17(5-7-18)25(37)33-14-12-32(13-15-33)19-8-9-20-21(16-19)27(39)34(26(20)38)22-10-11-23(35)31-24(22)36/h8-9,16-18,22H,4-7,10-15H2,1-3H3,(H,30,40)(H,31,35,36). The van der Waals surface area contributed by atoms with Gasteiger partial charge in [-0.1, -0.05) is 0 Å². The Labute approximate surface area is 238 Å². The highest BCUT2D eigenvalue weighted by Gasteiger charge is 2.45. The molecule has 4 aliphatic rings. The number of nitrogens with zero attached hydrogens (tertiary/aromatic N) is 3. The van der Waals surface area contributed by atoms with Crippen molar-refractivity contribution in [2.24, 2.45) is 5.92 Å². The van der Waals surface area contributed by atoms with Gasteiger partial charge in [-0.05, 0) is 71.1 Å². The van der Waals surface area contributed by atoms with E-state index in [-0.39, 0.29) is 41.8 Å². The van der Waals surface area contributed by atoms with Crippen molar-refractivity contribution < 1.29 is 33.5 Å². The van der Waals surface area contributed by atoms with E-state index >= 15 is 0 Å². The van der Waals surface area contributed by atoms with Crippen LogP contribution in [0.4, 0.5) is 10.5 Å². The van der Waals surface area contributed by atoms with Gasteiger partial charge in [0.05, 0.1) is 11.1 Å². The fourth-order valence-electron chi connectivity index (χ4n) is 6.06. The van der Waals surface area contributed by atoms with E-state index in [9.17, 15) is 28.8 Å². The van der Waals surface area contributed by atoms with E-state index in [0.29, 0.717) is 39.0 Å². The molecule has 12 nitrogen and oxygen atoms in total. The van der Waals surface area contributed by atoms with Gasteiger partial charge in [0.1, 0.15) is 11.6 Å². The number of piperidine rings is 1. The molecule has 1 aromatic rings. The second-order valence-electron chi connectivity index (χ2n) is 12.2. The number of carbonyl (C=O) groups excluding carboxylic acids is 6. The summed E-state index contributed by atoms with van der Waals surface area (Å²) in [5.74, 6) is -2.05. The highest BCUT2D eigenvalue weighted by molar-refractivity contribution is 6.23. The maximum absolute atomic E-state index is 13.2. The summed E-state index contributed by atoms with van der Waals surface area (Å²) in [4.78, 5) is 80.2. The molecule has 3 aliphatic heterocycles. The summed E-state index contributed by atoms with van der Waals surface area (Å²) in [5.41, 5.74) is 0.708. The Bertz CT molecular complexity index is 1270. The zero-order valence-corrected chi connectivity index (χ0v) is 23.7. The quantitative estimate of drug-likeness (QED) is 0.524. The highest BCUT2D eigenvalue weighted by atomic mass is 16.6. The van der Waals surface area contributed by atoms with Crippen molar-refractivity contribution in [1.29, 1.82) is 0 Å². The van der Waals surface area contributed by atoms with Gasteiger partial charge in [-0.25, -0.2) is 4.79 Å². The molecule has 41 heavy (non-hydrogen) atoms. The number of rotatable bonds is 4. The summed E-state index contributed by atoms with van der Waals surface area (Å²) in [5, 5.41) is 5.12. The normalized spacial score (nSPS) is 25.1. The topological polar surface area (TPSA) is 145 Å². The van der Waals surface area contributed by atoms with Crippen LogP contribution in [0.15, 0.2) is 18.2 Å². The summed E-state index contributed by atoms with van der Waals surface area (Å²) in [7, 11) is 0. The molecule has 220 valence electrons. The number of fused-ring (bicyclic) bond motifs is 1. The van der Waals surface area contributed by atoms with Gasteiger partial charge in [-0.2, -0.15) is 0 Å². The molecule has 0 bridgehead atoms. The maximum Gasteiger partial charge on any atom is 0.407 e. The molecule has 3 fully saturated rings. The SMILES string of the molecule is CC(C)(C)OC(=O)NC1CCC(C(=O)N2CCN(c3ccc4c(c3)C(=O)N(C3CCC(=O)NC3=O)C4=O)CC2)CC1. The van der Waals surface area contributed by atoms with Crippen LogP contribution >= 0.6 is 0 Å². The summed E-state index contributed by atoms with van der Waals surface area (Å²) < 4.78 is 5.34. The lowest BCUT2D eigenvalue weighted by Gasteiger charge is -2.39. The molecule has 1 saturated carbocycles. The lowest BCUT2D eigenvalue weighted by atomic mass is 9.85. The molecule has 1 unspecified atom stereocenters. The van der Waals surface area contributed by atoms with Gasteiger partial charge < -0.3 is 19.9 Å². The van der Waals surface area contributed by atoms with Crippen LogP contribution in [-0.4, -0.2) is 89.3 Å². The van der Waals surface area contributed by atoms with Crippen LogP contribution in [0.2, 0.25) is 0 Å². The third-order valence-corrected chi connectivity index (χ3v) is 8.18. The number of amides is 6. The van der Waals surface area contributed by atoms with Crippen molar-refractivity contribution in [3.63, 3.8) is 0 Å². The first kappa shape index (κ1) is 28.6. The second kappa shape index (κ2) is 11.1. The highest BCUT2D eigenvalue weighted by Crippen LogP contribution is 2.32. The largest absolute Gasteiger partial charge is 0.444 e. The Kier molecular flexibility index (Phi) is 7.76. The van der Waals surface area contributed by atoms with Crippen LogP contribution in [0.25, 0.3) is 0 Å². The molecule has 12 heteroatoms. The molecule has 1 aliphatic carbocycles. The van der Waals surface area contributed by atoms with E-state index in [1.807, 2.05) is 25.7 Å². The summed E-state index contributed by atoms with van der Waals surface area (Å²) in [6, 6.07) is 4.08. The van der Waals surface area contributed by atoms with E-state index in [1.165, 1.54) is 0 Å². The van der Waals surface area contributed by atoms with Crippen LogP contribution in [0.3, 0.4) is 0 Å². The van der Waals surface area contributed by atoms with Gasteiger partial charge >= 0.3 is 6.09 Å². The Morgan fingerprint density at radius 3 is 2.20 bits per heavy atom. The summed E-state index contributed by atoms with van der Waals surface area (Å²) in [6.45, 7) is 7.72. The second-order valence-corrected chi connectivity index (χ2v) is 12.2. The van der Waals surface area contributed by atoms with Crippen LogP contribution in [0.5, 0.6) is 0 Å². The smallest absolute Gasteiger partial charge is 0.407 e.